The van der Waals surface area contributed by atoms with Crippen molar-refractivity contribution in [3.63, 3.8) is 0 Å². The number of nitriles is 1. The highest BCUT2D eigenvalue weighted by Gasteiger charge is 2.51. The van der Waals surface area contributed by atoms with Gasteiger partial charge in [0.2, 0.25) is 0 Å². The fourth-order valence-corrected chi connectivity index (χ4v) is 3.87. The molecule has 3 rings (SSSR count). The van der Waals surface area contributed by atoms with Gasteiger partial charge in [-0.3, -0.25) is 4.79 Å². The third-order valence-electron chi connectivity index (χ3n) is 5.01. The summed E-state index contributed by atoms with van der Waals surface area (Å²) in [6, 6.07) is 5.56. The number of benzene rings is 1. The number of hydrogen-bond acceptors (Lipinski definition) is 7. The number of carbonyl (C=O) groups is 1. The van der Waals surface area contributed by atoms with Crippen molar-refractivity contribution < 1.29 is 17.6 Å². The highest BCUT2D eigenvalue weighted by Crippen LogP contribution is 2.56. The van der Waals surface area contributed by atoms with Crippen LogP contribution in [0.25, 0.3) is 0 Å². The zero-order valence-corrected chi connectivity index (χ0v) is 18.9. The van der Waals surface area contributed by atoms with Crippen molar-refractivity contribution in [2.45, 2.75) is 31.8 Å². The molecule has 2 atom stereocenters. The second-order valence-electron chi connectivity index (χ2n) is 7.70. The molecule has 1 fully saturated rings. The van der Waals surface area contributed by atoms with E-state index in [9.17, 15) is 22.9 Å². The second kappa shape index (κ2) is 9.22. The number of hydrogen-bond donors (Lipinski definition) is 2. The summed E-state index contributed by atoms with van der Waals surface area (Å²) >= 11 is 6.16. The average molecular weight is 478 g/mol. The molecular formula is C21H21ClFN5O3S. The Morgan fingerprint density at radius 1 is 1.34 bits per heavy atom. The Bertz CT molecular complexity index is 1190. The number of anilines is 1. The standard InChI is InChI=1S/C21H21ClFN5O3S/c1-13(6-9-32(2,30)31)27-20(29)16-10-26-17(11-25-16)28-19(21(12-24)7-8-21)14-4-3-5-15(23)18(14)22/h3-6,9-11,13,19H,7-8H2,1-2H3,(H,26,28)(H,27,29)/b9-6+/t13-,19+/m1/s1. The van der Waals surface area contributed by atoms with Crippen molar-refractivity contribution >= 4 is 33.2 Å². The molecule has 1 aromatic carbocycles. The number of sulfone groups is 1. The van der Waals surface area contributed by atoms with Crippen molar-refractivity contribution in [1.29, 1.82) is 5.26 Å². The van der Waals surface area contributed by atoms with E-state index in [1.165, 1.54) is 30.6 Å². The second-order valence-corrected chi connectivity index (χ2v) is 10.0. The number of amides is 1. The minimum atomic E-state index is -3.30. The molecule has 0 radical (unpaired) electrons. The molecule has 8 nitrogen and oxygen atoms in total. The summed E-state index contributed by atoms with van der Waals surface area (Å²) in [4.78, 5) is 20.6. The quantitative estimate of drug-likeness (QED) is 0.596. The lowest BCUT2D eigenvalue weighted by Crippen LogP contribution is -2.32. The SMILES string of the molecule is C[C@H](/C=C/S(C)(=O)=O)NC(=O)c1cnc(N[C@@H](c2cccc(F)c2Cl)C2(C#N)CC2)cn1. The lowest BCUT2D eigenvalue weighted by Gasteiger charge is -2.25. The molecule has 0 saturated heterocycles. The van der Waals surface area contributed by atoms with E-state index in [4.69, 9.17) is 11.6 Å². The molecule has 1 aliphatic rings. The highest BCUT2D eigenvalue weighted by molar-refractivity contribution is 7.93. The summed E-state index contributed by atoms with van der Waals surface area (Å²) < 4.78 is 36.4. The molecule has 1 heterocycles. The van der Waals surface area contributed by atoms with Crippen LogP contribution in [0.4, 0.5) is 10.2 Å². The van der Waals surface area contributed by atoms with Crippen LogP contribution in [0.5, 0.6) is 0 Å². The van der Waals surface area contributed by atoms with Gasteiger partial charge in [-0.05, 0) is 31.4 Å². The van der Waals surface area contributed by atoms with Crippen LogP contribution in [0.15, 0.2) is 42.1 Å². The van der Waals surface area contributed by atoms with Crippen molar-refractivity contribution in [2.24, 2.45) is 5.41 Å². The van der Waals surface area contributed by atoms with Crippen molar-refractivity contribution in [3.8, 4) is 6.07 Å². The average Bonchev–Trinajstić information content (AvgIpc) is 3.54. The molecule has 0 bridgehead atoms. The predicted octanol–water partition coefficient (Wildman–Crippen LogP) is 3.40. The van der Waals surface area contributed by atoms with Gasteiger partial charge in [0.25, 0.3) is 5.91 Å². The van der Waals surface area contributed by atoms with E-state index < -0.39 is 39.1 Å². The van der Waals surface area contributed by atoms with E-state index in [0.29, 0.717) is 24.2 Å². The largest absolute Gasteiger partial charge is 0.360 e. The van der Waals surface area contributed by atoms with Crippen LogP contribution in [0, 0.1) is 22.6 Å². The topological polar surface area (TPSA) is 125 Å². The zero-order valence-electron chi connectivity index (χ0n) is 17.3. The Labute approximate surface area is 190 Å². The van der Waals surface area contributed by atoms with Gasteiger partial charge in [0, 0.05) is 17.7 Å². The van der Waals surface area contributed by atoms with E-state index >= 15 is 0 Å². The van der Waals surface area contributed by atoms with Gasteiger partial charge in [0.05, 0.1) is 34.9 Å². The molecule has 1 aliphatic carbocycles. The van der Waals surface area contributed by atoms with Crippen LogP contribution in [-0.2, 0) is 9.84 Å². The van der Waals surface area contributed by atoms with E-state index in [1.807, 2.05) is 0 Å². The van der Waals surface area contributed by atoms with E-state index in [-0.39, 0.29) is 10.7 Å². The number of nitrogens with one attached hydrogen (secondary N) is 2. The van der Waals surface area contributed by atoms with Crippen molar-refractivity contribution in [1.82, 2.24) is 15.3 Å². The van der Waals surface area contributed by atoms with Gasteiger partial charge < -0.3 is 10.6 Å². The molecule has 1 amide bonds. The lowest BCUT2D eigenvalue weighted by molar-refractivity contribution is 0.0941. The first-order valence-corrected chi connectivity index (χ1v) is 12.0. The molecule has 168 valence electrons. The third-order valence-corrected chi connectivity index (χ3v) is 6.06. The molecule has 2 N–H and O–H groups in total. The first-order chi connectivity index (χ1) is 15.0. The first kappa shape index (κ1) is 23.6. The minimum Gasteiger partial charge on any atom is -0.360 e. The van der Waals surface area contributed by atoms with Gasteiger partial charge in [-0.25, -0.2) is 22.8 Å². The van der Waals surface area contributed by atoms with Gasteiger partial charge in [0.15, 0.2) is 9.84 Å². The molecule has 0 spiro atoms. The summed E-state index contributed by atoms with van der Waals surface area (Å²) in [5, 5.41) is 16.3. The normalized spacial score (nSPS) is 16.7. The lowest BCUT2D eigenvalue weighted by atomic mass is 9.91. The van der Waals surface area contributed by atoms with E-state index in [1.54, 1.807) is 13.0 Å². The summed E-state index contributed by atoms with van der Waals surface area (Å²) in [6.45, 7) is 1.62. The third kappa shape index (κ3) is 5.60. The summed E-state index contributed by atoms with van der Waals surface area (Å²) in [7, 11) is -3.30. The van der Waals surface area contributed by atoms with Gasteiger partial charge in [-0.1, -0.05) is 29.8 Å². The number of carbonyl (C=O) groups excluding carboxylic acids is 1. The van der Waals surface area contributed by atoms with Crippen molar-refractivity contribution in [3.05, 3.63) is 64.2 Å². The van der Waals surface area contributed by atoms with Crippen LogP contribution in [0.1, 0.15) is 41.9 Å². The van der Waals surface area contributed by atoms with Crippen LogP contribution in [0.3, 0.4) is 0 Å². The first-order valence-electron chi connectivity index (χ1n) is 9.67. The van der Waals surface area contributed by atoms with Crippen LogP contribution >= 0.6 is 11.6 Å². The molecule has 0 unspecified atom stereocenters. The van der Waals surface area contributed by atoms with E-state index in [2.05, 4.69) is 26.7 Å². The molecule has 1 saturated carbocycles. The fraction of sp³-hybridized carbons (Fsp3) is 0.333. The Balaban J connectivity index is 1.76. The number of rotatable bonds is 8. The molecule has 0 aliphatic heterocycles. The fourth-order valence-electron chi connectivity index (χ4n) is 3.11. The highest BCUT2D eigenvalue weighted by atomic mass is 35.5. The molecule has 11 heteroatoms. The smallest absolute Gasteiger partial charge is 0.271 e. The number of nitrogens with zero attached hydrogens (tertiary/aromatic N) is 3. The summed E-state index contributed by atoms with van der Waals surface area (Å²) in [6.07, 6.45) is 6.24. The Morgan fingerprint density at radius 3 is 2.62 bits per heavy atom. The van der Waals surface area contributed by atoms with Gasteiger partial charge in [0.1, 0.15) is 17.3 Å². The maximum atomic E-state index is 14.0. The Hall–Kier alpha value is -3.03. The van der Waals surface area contributed by atoms with Crippen molar-refractivity contribution in [2.75, 3.05) is 11.6 Å². The molecule has 2 aromatic rings. The maximum Gasteiger partial charge on any atom is 0.271 e. The Kier molecular flexibility index (Phi) is 6.81. The van der Waals surface area contributed by atoms with Gasteiger partial charge in [-0.15, -0.1) is 0 Å². The monoisotopic (exact) mass is 477 g/mol. The Morgan fingerprint density at radius 2 is 2.06 bits per heavy atom. The maximum absolute atomic E-state index is 14.0. The van der Waals surface area contributed by atoms with Gasteiger partial charge >= 0.3 is 0 Å². The summed E-state index contributed by atoms with van der Waals surface area (Å²) in [5.74, 6) is -0.824. The van der Waals surface area contributed by atoms with Gasteiger partial charge in [-0.2, -0.15) is 5.26 Å². The summed E-state index contributed by atoms with van der Waals surface area (Å²) in [5.41, 5.74) is -0.269. The van der Waals surface area contributed by atoms with Crippen LogP contribution < -0.4 is 10.6 Å². The van der Waals surface area contributed by atoms with E-state index in [0.717, 1.165) is 11.7 Å². The molecule has 32 heavy (non-hydrogen) atoms. The van der Waals surface area contributed by atoms with Crippen LogP contribution in [0.2, 0.25) is 5.02 Å². The predicted molar refractivity (Wildman–Crippen MR) is 118 cm³/mol. The number of aromatic nitrogens is 2. The minimum absolute atomic E-state index is 0.0249. The number of halogens is 2. The molecule has 1 aromatic heterocycles. The zero-order chi connectivity index (χ0) is 23.5. The molecular weight excluding hydrogens is 457 g/mol. The van der Waals surface area contributed by atoms with Crippen LogP contribution in [-0.4, -0.2) is 36.6 Å².